The second-order valence-corrected chi connectivity index (χ2v) is 7.15. The van der Waals surface area contributed by atoms with E-state index >= 15 is 0 Å². The highest BCUT2D eigenvalue weighted by Crippen LogP contribution is 2.36. The van der Waals surface area contributed by atoms with Crippen LogP contribution in [0.4, 0.5) is 5.69 Å². The van der Waals surface area contributed by atoms with E-state index in [-0.39, 0.29) is 18.1 Å². The molecule has 6 nitrogen and oxygen atoms in total. The number of carbonyl (C=O) groups is 1. The van der Waals surface area contributed by atoms with Gasteiger partial charge in [0.15, 0.2) is 0 Å². The fraction of sp³-hybridized carbons (Fsp3) is 0.381. The molecule has 1 N–H and O–H groups in total. The topological polar surface area (TPSA) is 63.9 Å². The van der Waals surface area contributed by atoms with Gasteiger partial charge in [-0.15, -0.1) is 0 Å². The molecule has 0 unspecified atom stereocenters. The number of amides is 1. The van der Waals surface area contributed by atoms with Gasteiger partial charge in [0.25, 0.3) is 0 Å². The lowest BCUT2D eigenvalue weighted by atomic mass is 10.1. The fourth-order valence-corrected chi connectivity index (χ4v) is 3.82. The van der Waals surface area contributed by atoms with Crippen molar-refractivity contribution < 1.29 is 18.7 Å². The first-order chi connectivity index (χ1) is 13.0. The minimum absolute atomic E-state index is 0.0786. The van der Waals surface area contributed by atoms with Gasteiger partial charge >= 0.3 is 0 Å². The summed E-state index contributed by atoms with van der Waals surface area (Å²) in [5.41, 5.74) is 2.15. The number of nitrogens with one attached hydrogen (secondary N) is 1. The van der Waals surface area contributed by atoms with E-state index in [1.54, 1.807) is 7.11 Å². The van der Waals surface area contributed by atoms with Gasteiger partial charge < -0.3 is 19.2 Å². The molecule has 0 radical (unpaired) electrons. The molecule has 0 aliphatic carbocycles. The number of furan rings is 1. The summed E-state index contributed by atoms with van der Waals surface area (Å²) in [5.74, 6) is 0.538. The zero-order valence-corrected chi connectivity index (χ0v) is 15.8. The fourth-order valence-electron chi connectivity index (χ4n) is 3.82. The van der Waals surface area contributed by atoms with Crippen LogP contribution < -0.4 is 10.1 Å². The van der Waals surface area contributed by atoms with E-state index in [4.69, 9.17) is 13.9 Å². The molecule has 1 fully saturated rings. The Labute approximate surface area is 158 Å². The molecule has 3 aromatic rings. The first kappa shape index (κ1) is 17.8. The van der Waals surface area contributed by atoms with Gasteiger partial charge in [-0.3, -0.25) is 9.69 Å². The Hall–Kier alpha value is -2.57. The van der Waals surface area contributed by atoms with Gasteiger partial charge in [-0.05, 0) is 26.0 Å². The monoisotopic (exact) mass is 368 g/mol. The first-order valence-electron chi connectivity index (χ1n) is 9.20. The average Bonchev–Trinajstić information content (AvgIpc) is 2.97. The maximum Gasteiger partial charge on any atom is 0.238 e. The van der Waals surface area contributed by atoms with Gasteiger partial charge in [0.05, 0.1) is 31.5 Å². The molecule has 0 saturated carbocycles. The molecule has 1 saturated heterocycles. The Balaban J connectivity index is 1.57. The highest BCUT2D eigenvalue weighted by atomic mass is 16.5. The van der Waals surface area contributed by atoms with Crippen LogP contribution >= 0.6 is 0 Å². The van der Waals surface area contributed by atoms with E-state index in [9.17, 15) is 4.79 Å². The molecule has 0 spiro atoms. The van der Waals surface area contributed by atoms with E-state index in [0.29, 0.717) is 18.0 Å². The molecule has 27 heavy (non-hydrogen) atoms. The number of rotatable bonds is 4. The van der Waals surface area contributed by atoms with Crippen LogP contribution in [-0.2, 0) is 9.53 Å². The summed E-state index contributed by atoms with van der Waals surface area (Å²) >= 11 is 0. The molecular formula is C21H24N2O4. The second kappa shape index (κ2) is 7.21. The summed E-state index contributed by atoms with van der Waals surface area (Å²) < 4.78 is 17.1. The molecule has 142 valence electrons. The highest BCUT2D eigenvalue weighted by molar-refractivity contribution is 6.07. The summed E-state index contributed by atoms with van der Waals surface area (Å²) in [6.07, 6.45) is 0.256. The molecule has 6 heteroatoms. The third-order valence-electron chi connectivity index (χ3n) is 4.84. The van der Waals surface area contributed by atoms with Crippen molar-refractivity contribution in [1.82, 2.24) is 4.90 Å². The first-order valence-corrected chi connectivity index (χ1v) is 9.20. The molecule has 2 aromatic carbocycles. The molecule has 2 heterocycles. The van der Waals surface area contributed by atoms with Crippen molar-refractivity contribution in [3.63, 3.8) is 0 Å². The molecule has 1 aliphatic rings. The van der Waals surface area contributed by atoms with E-state index in [1.807, 2.05) is 50.2 Å². The number of para-hydroxylation sites is 1. The van der Waals surface area contributed by atoms with Crippen molar-refractivity contribution in [3.05, 3.63) is 36.4 Å². The number of anilines is 1. The van der Waals surface area contributed by atoms with Gasteiger partial charge in [-0.2, -0.15) is 0 Å². The summed E-state index contributed by atoms with van der Waals surface area (Å²) in [4.78, 5) is 14.7. The van der Waals surface area contributed by atoms with Gasteiger partial charge in [-0.1, -0.05) is 18.2 Å². The number of fused-ring (bicyclic) bond motifs is 3. The molecule has 2 atom stereocenters. The third kappa shape index (κ3) is 3.63. The van der Waals surface area contributed by atoms with Crippen molar-refractivity contribution in [1.29, 1.82) is 0 Å². The molecular weight excluding hydrogens is 344 g/mol. The lowest BCUT2D eigenvalue weighted by Gasteiger charge is -2.34. The SMILES string of the molecule is COc1cc2c(cc1NC(=O)CN1C[C@@H](C)O[C@@H](C)C1)oc1ccccc12. The third-order valence-corrected chi connectivity index (χ3v) is 4.84. The minimum atomic E-state index is -0.0786. The van der Waals surface area contributed by atoms with Gasteiger partial charge in [0, 0.05) is 29.9 Å². The Kier molecular flexibility index (Phi) is 4.76. The van der Waals surface area contributed by atoms with Crippen LogP contribution in [0.2, 0.25) is 0 Å². The smallest absolute Gasteiger partial charge is 0.238 e. The summed E-state index contributed by atoms with van der Waals surface area (Å²) in [7, 11) is 1.60. The number of hydrogen-bond acceptors (Lipinski definition) is 5. The zero-order valence-electron chi connectivity index (χ0n) is 15.8. The van der Waals surface area contributed by atoms with Gasteiger partial charge in [-0.25, -0.2) is 0 Å². The Morgan fingerprint density at radius 2 is 1.89 bits per heavy atom. The van der Waals surface area contributed by atoms with Crippen LogP contribution in [0.3, 0.4) is 0 Å². The maximum atomic E-state index is 12.6. The van der Waals surface area contributed by atoms with E-state index < -0.39 is 0 Å². The van der Waals surface area contributed by atoms with E-state index in [1.165, 1.54) is 0 Å². The summed E-state index contributed by atoms with van der Waals surface area (Å²) in [6, 6.07) is 11.6. The zero-order chi connectivity index (χ0) is 19.0. The summed E-state index contributed by atoms with van der Waals surface area (Å²) in [5, 5.41) is 4.97. The van der Waals surface area contributed by atoms with Crippen molar-refractivity contribution in [3.8, 4) is 5.75 Å². The van der Waals surface area contributed by atoms with Crippen LogP contribution in [0.1, 0.15) is 13.8 Å². The van der Waals surface area contributed by atoms with Crippen LogP contribution in [0, 0.1) is 0 Å². The lowest BCUT2D eigenvalue weighted by molar-refractivity contribution is -0.121. The van der Waals surface area contributed by atoms with Crippen molar-refractivity contribution in [2.45, 2.75) is 26.1 Å². The predicted octanol–water partition coefficient (Wildman–Crippen LogP) is 3.64. The normalized spacial score (nSPS) is 20.9. The van der Waals surface area contributed by atoms with Crippen LogP contribution in [0.5, 0.6) is 5.75 Å². The van der Waals surface area contributed by atoms with Gasteiger partial charge in [0.1, 0.15) is 16.9 Å². The molecule has 1 amide bonds. The largest absolute Gasteiger partial charge is 0.495 e. The molecule has 1 aromatic heterocycles. The Morgan fingerprint density at radius 3 is 2.63 bits per heavy atom. The maximum absolute atomic E-state index is 12.6. The van der Waals surface area contributed by atoms with Crippen molar-refractivity contribution >= 4 is 33.5 Å². The second-order valence-electron chi connectivity index (χ2n) is 7.15. The average molecular weight is 368 g/mol. The highest BCUT2D eigenvalue weighted by Gasteiger charge is 2.24. The van der Waals surface area contributed by atoms with Crippen LogP contribution in [0.25, 0.3) is 21.9 Å². The number of morpholine rings is 1. The molecule has 0 bridgehead atoms. The van der Waals surface area contributed by atoms with Crippen molar-refractivity contribution in [2.75, 3.05) is 32.1 Å². The number of ether oxygens (including phenoxy) is 2. The lowest BCUT2D eigenvalue weighted by Crippen LogP contribution is -2.48. The predicted molar refractivity (Wildman–Crippen MR) is 105 cm³/mol. The number of carbonyl (C=O) groups excluding carboxylic acids is 1. The number of hydrogen-bond donors (Lipinski definition) is 1. The van der Waals surface area contributed by atoms with E-state index in [0.717, 1.165) is 35.0 Å². The Morgan fingerprint density at radius 1 is 1.15 bits per heavy atom. The van der Waals surface area contributed by atoms with Gasteiger partial charge in [0.2, 0.25) is 5.91 Å². The minimum Gasteiger partial charge on any atom is -0.495 e. The summed E-state index contributed by atoms with van der Waals surface area (Å²) in [6.45, 7) is 5.87. The number of methoxy groups -OCH3 is 1. The number of benzene rings is 2. The van der Waals surface area contributed by atoms with Crippen LogP contribution in [0.15, 0.2) is 40.8 Å². The Bertz CT molecular complexity index is 971. The van der Waals surface area contributed by atoms with Crippen molar-refractivity contribution in [2.24, 2.45) is 0 Å². The standard InChI is InChI=1S/C21H24N2O4/c1-13-10-23(11-14(2)26-13)12-21(24)22-17-9-19-16(8-20(17)25-3)15-6-4-5-7-18(15)27-19/h4-9,13-14H,10-12H2,1-3H3,(H,22,24)/t13-,14+. The molecule has 1 aliphatic heterocycles. The molecule has 4 rings (SSSR count). The van der Waals surface area contributed by atoms with Crippen LogP contribution in [-0.4, -0.2) is 49.8 Å². The van der Waals surface area contributed by atoms with E-state index in [2.05, 4.69) is 10.2 Å². The number of nitrogens with zero attached hydrogens (tertiary/aromatic N) is 1. The quantitative estimate of drug-likeness (QED) is 0.762.